The molecule has 0 bridgehead atoms. The summed E-state index contributed by atoms with van der Waals surface area (Å²) in [5, 5.41) is 8.30. The molecule has 3 rings (SSSR count). The fourth-order valence-corrected chi connectivity index (χ4v) is 3.83. The molecular formula is C21H20ClF3N4O3S. The van der Waals surface area contributed by atoms with Crippen LogP contribution < -0.4 is 9.46 Å². The summed E-state index contributed by atoms with van der Waals surface area (Å²) in [7, 11) is -0.0915. The van der Waals surface area contributed by atoms with Gasteiger partial charge in [0.25, 0.3) is 5.91 Å². The molecule has 1 heterocycles. The minimum atomic E-state index is -4.57. The molecule has 0 spiro atoms. The monoisotopic (exact) mass is 500 g/mol. The lowest BCUT2D eigenvalue weighted by molar-refractivity contribution is -0.137. The average molecular weight is 501 g/mol. The zero-order valence-electron chi connectivity index (χ0n) is 18.0. The van der Waals surface area contributed by atoms with Crippen LogP contribution in [0.4, 0.5) is 13.2 Å². The summed E-state index contributed by atoms with van der Waals surface area (Å²) in [4.78, 5) is 12.5. The number of aromatic nitrogens is 3. The maximum absolute atomic E-state index is 13.5. The maximum Gasteiger partial charge on any atom is 0.417 e. The number of carbonyl (C=O) groups excluding carboxylic acids is 1. The first-order valence-corrected chi connectivity index (χ1v) is 11.4. The Morgan fingerprint density at radius 3 is 2.45 bits per heavy atom. The van der Waals surface area contributed by atoms with Gasteiger partial charge >= 0.3 is 6.18 Å². The molecular weight excluding hydrogens is 481 g/mol. The Bertz CT molecular complexity index is 1230. The number of carbonyl (C=O) groups is 1. The first-order valence-electron chi connectivity index (χ1n) is 9.50. The van der Waals surface area contributed by atoms with Crippen molar-refractivity contribution in [3.63, 3.8) is 0 Å². The van der Waals surface area contributed by atoms with Crippen molar-refractivity contribution in [1.29, 1.82) is 0 Å². The topological polar surface area (TPSA) is 86.1 Å². The van der Waals surface area contributed by atoms with Crippen molar-refractivity contribution in [1.82, 2.24) is 19.5 Å². The SMILES string of the molecule is Cn1c(-c2ccccc2C(F)(F)F)nnc1C(C)(C)Oc1ccc(Cl)cc1C(=O)NS(C)=O. The van der Waals surface area contributed by atoms with E-state index in [9.17, 15) is 22.2 Å². The molecule has 33 heavy (non-hydrogen) atoms. The summed E-state index contributed by atoms with van der Waals surface area (Å²) in [5.74, 6) is -0.325. The zero-order valence-corrected chi connectivity index (χ0v) is 19.6. The molecule has 0 aliphatic carbocycles. The van der Waals surface area contributed by atoms with Gasteiger partial charge in [-0.3, -0.25) is 9.52 Å². The molecule has 1 amide bonds. The molecule has 0 aliphatic heterocycles. The van der Waals surface area contributed by atoms with E-state index in [-0.39, 0.29) is 33.5 Å². The van der Waals surface area contributed by atoms with E-state index >= 15 is 0 Å². The number of nitrogens with one attached hydrogen (secondary N) is 1. The Kier molecular flexibility index (Phi) is 6.85. The van der Waals surface area contributed by atoms with Crippen LogP contribution in [-0.4, -0.2) is 31.1 Å². The number of hydrogen-bond acceptors (Lipinski definition) is 5. The zero-order chi connectivity index (χ0) is 24.6. The van der Waals surface area contributed by atoms with Gasteiger partial charge in [-0.25, -0.2) is 4.21 Å². The summed E-state index contributed by atoms with van der Waals surface area (Å²) in [6.45, 7) is 3.26. The van der Waals surface area contributed by atoms with Crippen molar-refractivity contribution < 1.29 is 26.9 Å². The Hall–Kier alpha value is -2.92. The van der Waals surface area contributed by atoms with Gasteiger partial charge in [-0.05, 0) is 38.1 Å². The number of hydrogen-bond donors (Lipinski definition) is 1. The van der Waals surface area contributed by atoms with Crippen LogP contribution in [0.15, 0.2) is 42.5 Å². The van der Waals surface area contributed by atoms with Crippen LogP contribution in [0.2, 0.25) is 5.02 Å². The van der Waals surface area contributed by atoms with Crippen molar-refractivity contribution in [2.45, 2.75) is 25.6 Å². The Balaban J connectivity index is 2.01. The van der Waals surface area contributed by atoms with Gasteiger partial charge in [0.2, 0.25) is 0 Å². The third-order valence-electron chi connectivity index (χ3n) is 4.67. The molecule has 1 atom stereocenters. The van der Waals surface area contributed by atoms with E-state index in [0.717, 1.165) is 6.07 Å². The summed E-state index contributed by atoms with van der Waals surface area (Å²) in [6, 6.07) is 9.40. The van der Waals surface area contributed by atoms with E-state index in [0.29, 0.717) is 0 Å². The Morgan fingerprint density at radius 1 is 1.15 bits per heavy atom. The summed E-state index contributed by atoms with van der Waals surface area (Å²) < 4.78 is 61.6. The molecule has 0 saturated carbocycles. The predicted octanol–water partition coefficient (Wildman–Crippen LogP) is 4.49. The number of ether oxygens (including phenoxy) is 1. The van der Waals surface area contributed by atoms with Gasteiger partial charge in [0.1, 0.15) is 16.7 Å². The molecule has 0 radical (unpaired) electrons. The minimum Gasteiger partial charge on any atom is -0.479 e. The van der Waals surface area contributed by atoms with Gasteiger partial charge < -0.3 is 9.30 Å². The smallest absolute Gasteiger partial charge is 0.417 e. The van der Waals surface area contributed by atoms with Gasteiger partial charge in [-0.2, -0.15) is 13.2 Å². The third kappa shape index (κ3) is 5.36. The molecule has 12 heteroatoms. The standard InChI is InChI=1S/C21H20ClF3N4O3S/c1-20(2,32-16-10-9-12(22)11-14(16)18(30)28-33(4)31)19-27-26-17(29(19)3)13-7-5-6-8-15(13)21(23,24)25/h5-11H,1-4H3,(H,28,30). The van der Waals surface area contributed by atoms with Crippen LogP contribution in [0.1, 0.15) is 35.6 Å². The van der Waals surface area contributed by atoms with E-state index in [2.05, 4.69) is 14.9 Å². The van der Waals surface area contributed by atoms with Crippen molar-refractivity contribution >= 4 is 28.5 Å². The largest absolute Gasteiger partial charge is 0.479 e. The predicted molar refractivity (Wildman–Crippen MR) is 118 cm³/mol. The first-order chi connectivity index (χ1) is 15.3. The van der Waals surface area contributed by atoms with Crippen molar-refractivity contribution in [3.8, 4) is 17.1 Å². The number of alkyl halides is 3. The van der Waals surface area contributed by atoms with Crippen molar-refractivity contribution in [2.75, 3.05) is 6.26 Å². The van der Waals surface area contributed by atoms with Crippen LogP contribution >= 0.6 is 11.6 Å². The lowest BCUT2D eigenvalue weighted by Gasteiger charge is -2.26. The van der Waals surface area contributed by atoms with E-state index in [1.807, 2.05) is 0 Å². The molecule has 1 aromatic heterocycles. The highest BCUT2D eigenvalue weighted by atomic mass is 35.5. The number of amides is 1. The van der Waals surface area contributed by atoms with Gasteiger partial charge in [0.05, 0.1) is 11.1 Å². The molecule has 7 nitrogen and oxygen atoms in total. The number of benzene rings is 2. The molecule has 3 aromatic rings. The van der Waals surface area contributed by atoms with Crippen LogP contribution in [0.25, 0.3) is 11.4 Å². The van der Waals surface area contributed by atoms with E-state index in [1.54, 1.807) is 13.8 Å². The summed E-state index contributed by atoms with van der Waals surface area (Å²) >= 11 is 6.00. The Labute approximate surface area is 195 Å². The summed E-state index contributed by atoms with van der Waals surface area (Å²) in [6.07, 6.45) is -3.27. The normalized spacial score (nSPS) is 13.0. The highest BCUT2D eigenvalue weighted by molar-refractivity contribution is 7.82. The number of rotatable bonds is 6. The van der Waals surface area contributed by atoms with Crippen LogP contribution in [0.5, 0.6) is 5.75 Å². The number of halogens is 4. The van der Waals surface area contributed by atoms with E-state index in [4.69, 9.17) is 16.3 Å². The molecule has 0 fully saturated rings. The quantitative estimate of drug-likeness (QED) is 0.539. The van der Waals surface area contributed by atoms with Crippen molar-refractivity contribution in [2.24, 2.45) is 7.05 Å². The highest BCUT2D eigenvalue weighted by Gasteiger charge is 2.36. The fraction of sp³-hybridized carbons (Fsp3) is 0.286. The van der Waals surface area contributed by atoms with Crippen LogP contribution in [0, 0.1) is 0 Å². The van der Waals surface area contributed by atoms with Crippen LogP contribution in [0.3, 0.4) is 0 Å². The third-order valence-corrected chi connectivity index (χ3v) is 5.38. The average Bonchev–Trinajstić information content (AvgIpc) is 3.10. The molecule has 1 unspecified atom stereocenters. The molecule has 0 saturated heterocycles. The molecule has 0 aliphatic rings. The van der Waals surface area contributed by atoms with Gasteiger partial charge in [0.15, 0.2) is 17.2 Å². The lowest BCUT2D eigenvalue weighted by atomic mass is 10.1. The maximum atomic E-state index is 13.5. The lowest BCUT2D eigenvalue weighted by Crippen LogP contribution is -2.31. The first kappa shape index (κ1) is 24.7. The fourth-order valence-electron chi connectivity index (χ4n) is 3.29. The molecule has 2 aromatic carbocycles. The van der Waals surface area contributed by atoms with Gasteiger partial charge in [0, 0.05) is 23.9 Å². The van der Waals surface area contributed by atoms with Gasteiger partial charge in [-0.15, -0.1) is 10.2 Å². The van der Waals surface area contributed by atoms with E-state index in [1.165, 1.54) is 54.3 Å². The second kappa shape index (κ2) is 9.14. The molecule has 1 N–H and O–H groups in total. The Morgan fingerprint density at radius 2 is 1.82 bits per heavy atom. The minimum absolute atomic E-state index is 0.00468. The number of nitrogens with zero attached hydrogens (tertiary/aromatic N) is 3. The molecule has 176 valence electrons. The summed E-state index contributed by atoms with van der Waals surface area (Å²) in [5.41, 5.74) is -2.15. The highest BCUT2D eigenvalue weighted by Crippen LogP contribution is 2.37. The second-order valence-electron chi connectivity index (χ2n) is 7.59. The van der Waals surface area contributed by atoms with E-state index < -0.39 is 34.2 Å². The second-order valence-corrected chi connectivity index (χ2v) is 9.14. The van der Waals surface area contributed by atoms with Crippen LogP contribution in [-0.2, 0) is 29.8 Å². The van der Waals surface area contributed by atoms with Gasteiger partial charge in [-0.1, -0.05) is 29.8 Å². The van der Waals surface area contributed by atoms with Crippen molar-refractivity contribution in [3.05, 3.63) is 64.4 Å².